The molecule has 0 unspecified atom stereocenters. The second kappa shape index (κ2) is 9.73. The molecule has 1 saturated heterocycles. The van der Waals surface area contributed by atoms with Crippen LogP contribution in [0.4, 0.5) is 5.69 Å². The van der Waals surface area contributed by atoms with Crippen LogP contribution in [0.25, 0.3) is 0 Å². The maximum absolute atomic E-state index is 12.8. The molecular weight excluding hydrogens is 406 g/mol. The van der Waals surface area contributed by atoms with Gasteiger partial charge in [-0.2, -0.15) is 0 Å². The summed E-state index contributed by atoms with van der Waals surface area (Å²) in [6.45, 7) is 7.33. The molecule has 1 aliphatic rings. The van der Waals surface area contributed by atoms with Crippen LogP contribution in [0.2, 0.25) is 0 Å². The molecular formula is C21H29N3O3S2. The molecule has 1 N–H and O–H groups in total. The summed E-state index contributed by atoms with van der Waals surface area (Å²) in [5, 5.41) is 1.75. The Balaban J connectivity index is 1.56. The molecule has 2 aromatic rings. The van der Waals surface area contributed by atoms with Crippen molar-refractivity contribution in [2.24, 2.45) is 0 Å². The van der Waals surface area contributed by atoms with Crippen molar-refractivity contribution in [1.82, 2.24) is 9.62 Å². The van der Waals surface area contributed by atoms with Crippen molar-refractivity contribution in [3.8, 4) is 0 Å². The predicted molar refractivity (Wildman–Crippen MR) is 118 cm³/mol. The molecule has 29 heavy (non-hydrogen) atoms. The number of likely N-dealkylation sites (tertiary alicyclic amines) is 1. The fraction of sp³-hybridized carbons (Fsp3) is 0.476. The minimum absolute atomic E-state index is 0.00894. The number of sulfonamides is 1. The number of piperidine rings is 1. The number of benzene rings is 1. The Labute approximate surface area is 177 Å². The molecule has 1 amide bonds. The lowest BCUT2D eigenvalue weighted by Gasteiger charge is -2.32. The quantitative estimate of drug-likeness (QED) is 0.688. The molecule has 158 valence electrons. The van der Waals surface area contributed by atoms with Gasteiger partial charge in [0.25, 0.3) is 5.91 Å². The van der Waals surface area contributed by atoms with Crippen molar-refractivity contribution in [2.45, 2.75) is 43.4 Å². The van der Waals surface area contributed by atoms with Crippen molar-refractivity contribution in [3.05, 3.63) is 47.3 Å². The highest BCUT2D eigenvalue weighted by molar-refractivity contribution is 7.91. The molecule has 6 nitrogen and oxygen atoms in total. The third-order valence-electron chi connectivity index (χ3n) is 5.22. The van der Waals surface area contributed by atoms with Crippen LogP contribution in [-0.2, 0) is 10.0 Å². The number of anilines is 1. The fourth-order valence-electron chi connectivity index (χ4n) is 3.63. The average molecular weight is 436 g/mol. The SMILES string of the molecule is CCCN(CC)c1ccc(C(=O)N2CCC(NS(=O)(=O)c3cccs3)CC2)cc1. The van der Waals surface area contributed by atoms with Gasteiger partial charge >= 0.3 is 0 Å². The average Bonchev–Trinajstić information content (AvgIpc) is 3.28. The first-order valence-electron chi connectivity index (χ1n) is 10.1. The molecule has 0 radical (unpaired) electrons. The minimum Gasteiger partial charge on any atom is -0.372 e. The van der Waals surface area contributed by atoms with E-state index in [9.17, 15) is 13.2 Å². The second-order valence-electron chi connectivity index (χ2n) is 7.25. The van der Waals surface area contributed by atoms with E-state index in [-0.39, 0.29) is 11.9 Å². The van der Waals surface area contributed by atoms with Crippen LogP contribution >= 0.6 is 11.3 Å². The molecule has 2 heterocycles. The Morgan fingerprint density at radius 2 is 1.86 bits per heavy atom. The van der Waals surface area contributed by atoms with Gasteiger partial charge in [0.15, 0.2) is 0 Å². The van der Waals surface area contributed by atoms with Gasteiger partial charge in [-0.25, -0.2) is 13.1 Å². The second-order valence-corrected chi connectivity index (χ2v) is 10.1. The highest BCUT2D eigenvalue weighted by Gasteiger charge is 2.27. The first kappa shape index (κ1) is 21.8. The predicted octanol–water partition coefficient (Wildman–Crippen LogP) is 3.57. The van der Waals surface area contributed by atoms with Gasteiger partial charge < -0.3 is 9.80 Å². The Hall–Kier alpha value is -1.90. The highest BCUT2D eigenvalue weighted by Crippen LogP contribution is 2.21. The molecule has 1 aliphatic heterocycles. The van der Waals surface area contributed by atoms with Gasteiger partial charge in [0.1, 0.15) is 4.21 Å². The molecule has 0 saturated carbocycles. The molecule has 0 atom stereocenters. The van der Waals surface area contributed by atoms with E-state index < -0.39 is 10.0 Å². The van der Waals surface area contributed by atoms with Crippen LogP contribution in [0.5, 0.6) is 0 Å². The third kappa shape index (κ3) is 5.38. The Morgan fingerprint density at radius 1 is 1.17 bits per heavy atom. The zero-order chi connectivity index (χ0) is 20.9. The van der Waals surface area contributed by atoms with Crippen molar-refractivity contribution < 1.29 is 13.2 Å². The molecule has 3 rings (SSSR count). The standard InChI is InChI=1S/C21H29N3O3S2/c1-3-13-23(4-2)19-9-7-17(8-10-19)21(25)24-14-11-18(12-15-24)22-29(26,27)20-6-5-16-28-20/h5-10,16,18,22H,3-4,11-15H2,1-2H3. The molecule has 0 aliphatic carbocycles. The van der Waals surface area contributed by atoms with Crippen molar-refractivity contribution in [1.29, 1.82) is 0 Å². The van der Waals surface area contributed by atoms with Crippen LogP contribution < -0.4 is 9.62 Å². The first-order chi connectivity index (χ1) is 13.9. The zero-order valence-electron chi connectivity index (χ0n) is 17.0. The molecule has 8 heteroatoms. The summed E-state index contributed by atoms with van der Waals surface area (Å²) in [7, 11) is -3.47. The third-order valence-corrected chi connectivity index (χ3v) is 8.14. The molecule has 0 bridgehead atoms. The van der Waals surface area contributed by atoms with E-state index in [1.54, 1.807) is 17.5 Å². The number of hydrogen-bond acceptors (Lipinski definition) is 5. The summed E-state index contributed by atoms with van der Waals surface area (Å²) in [5.41, 5.74) is 1.81. The van der Waals surface area contributed by atoms with Crippen molar-refractivity contribution in [2.75, 3.05) is 31.1 Å². The zero-order valence-corrected chi connectivity index (χ0v) is 18.6. The van der Waals surface area contributed by atoms with E-state index in [1.165, 1.54) is 11.3 Å². The number of nitrogens with one attached hydrogen (secondary N) is 1. The monoisotopic (exact) mass is 435 g/mol. The lowest BCUT2D eigenvalue weighted by Crippen LogP contribution is -2.46. The van der Waals surface area contributed by atoms with E-state index in [2.05, 4.69) is 23.5 Å². The smallest absolute Gasteiger partial charge is 0.253 e. The van der Waals surface area contributed by atoms with E-state index in [4.69, 9.17) is 0 Å². The molecule has 1 aromatic carbocycles. The molecule has 1 aromatic heterocycles. The number of carbonyl (C=O) groups excluding carboxylic acids is 1. The minimum atomic E-state index is -3.47. The summed E-state index contributed by atoms with van der Waals surface area (Å²) >= 11 is 1.21. The maximum atomic E-state index is 12.8. The number of hydrogen-bond donors (Lipinski definition) is 1. The van der Waals surface area contributed by atoms with Gasteiger partial charge in [-0.1, -0.05) is 13.0 Å². The van der Waals surface area contributed by atoms with E-state index in [1.807, 2.05) is 29.2 Å². The van der Waals surface area contributed by atoms with Gasteiger partial charge in [0.2, 0.25) is 10.0 Å². The first-order valence-corrected chi connectivity index (χ1v) is 12.5. The summed E-state index contributed by atoms with van der Waals surface area (Å²) in [5.74, 6) is 0.00894. The van der Waals surface area contributed by atoms with Gasteiger partial charge in [0.05, 0.1) is 0 Å². The number of rotatable bonds is 8. The Kier molecular flexibility index (Phi) is 7.32. The van der Waals surface area contributed by atoms with Gasteiger partial charge in [-0.15, -0.1) is 11.3 Å². The van der Waals surface area contributed by atoms with Crippen LogP contribution in [0.1, 0.15) is 43.5 Å². The van der Waals surface area contributed by atoms with Crippen molar-refractivity contribution in [3.63, 3.8) is 0 Å². The van der Waals surface area contributed by atoms with E-state index in [0.717, 1.165) is 25.2 Å². The summed E-state index contributed by atoms with van der Waals surface area (Å²) < 4.78 is 27.9. The van der Waals surface area contributed by atoms with Gasteiger partial charge in [-0.05, 0) is 61.9 Å². The topological polar surface area (TPSA) is 69.7 Å². The lowest BCUT2D eigenvalue weighted by molar-refractivity contribution is 0.0711. The number of amides is 1. The summed E-state index contributed by atoms with van der Waals surface area (Å²) in [6, 6.07) is 11.0. The summed E-state index contributed by atoms with van der Waals surface area (Å²) in [4.78, 5) is 16.9. The van der Waals surface area contributed by atoms with E-state index in [0.29, 0.717) is 35.7 Å². The highest BCUT2D eigenvalue weighted by atomic mass is 32.2. The normalized spacial score (nSPS) is 15.4. The van der Waals surface area contributed by atoms with Crippen LogP contribution in [0.3, 0.4) is 0 Å². The number of carbonyl (C=O) groups is 1. The van der Waals surface area contributed by atoms with Crippen LogP contribution in [0.15, 0.2) is 46.0 Å². The lowest BCUT2D eigenvalue weighted by atomic mass is 10.0. The number of thiophene rings is 1. The van der Waals surface area contributed by atoms with Crippen molar-refractivity contribution >= 4 is 33.0 Å². The van der Waals surface area contributed by atoms with E-state index >= 15 is 0 Å². The largest absolute Gasteiger partial charge is 0.372 e. The number of nitrogens with zero attached hydrogens (tertiary/aromatic N) is 2. The Bertz CT molecular complexity index is 888. The van der Waals surface area contributed by atoms with Crippen LogP contribution in [0, 0.1) is 0 Å². The summed E-state index contributed by atoms with van der Waals surface area (Å²) in [6.07, 6.45) is 2.32. The van der Waals surface area contributed by atoms with Crippen LogP contribution in [-0.4, -0.2) is 51.4 Å². The Morgan fingerprint density at radius 3 is 2.41 bits per heavy atom. The van der Waals surface area contributed by atoms with Gasteiger partial charge in [-0.3, -0.25) is 4.79 Å². The van der Waals surface area contributed by atoms with Gasteiger partial charge in [0, 0.05) is 43.5 Å². The fourth-order valence-corrected chi connectivity index (χ4v) is 5.95. The maximum Gasteiger partial charge on any atom is 0.253 e. The molecule has 0 spiro atoms. The molecule has 1 fully saturated rings.